The minimum Gasteiger partial charge on any atom is -0.545 e. The number of esters is 1. The summed E-state index contributed by atoms with van der Waals surface area (Å²) in [6, 6.07) is 6.82. The Morgan fingerprint density at radius 3 is 2.46 bits per heavy atom. The molecule has 0 atom stereocenters. The molecule has 0 saturated carbocycles. The molecule has 0 bridgehead atoms. The monoisotopic (exact) mass is 354 g/mol. The molecular formula is C19H16NO6-. The number of nitrogens with zero attached hydrogens (tertiary/aromatic N) is 1. The quantitative estimate of drug-likeness (QED) is 0.755. The van der Waals surface area contributed by atoms with Gasteiger partial charge >= 0.3 is 5.97 Å². The van der Waals surface area contributed by atoms with E-state index in [0.717, 1.165) is 0 Å². The van der Waals surface area contributed by atoms with Gasteiger partial charge < -0.3 is 14.6 Å². The molecule has 0 N–H and O–H groups in total. The minimum absolute atomic E-state index is 0.0340. The van der Waals surface area contributed by atoms with Crippen LogP contribution in [0.5, 0.6) is 0 Å². The second kappa shape index (κ2) is 6.95. The first-order valence-electron chi connectivity index (χ1n) is 8.25. The van der Waals surface area contributed by atoms with Gasteiger partial charge in [0.15, 0.2) is 5.78 Å². The number of pyridine rings is 1. The lowest BCUT2D eigenvalue weighted by Gasteiger charge is -2.21. The number of carbonyl (C=O) groups excluding carboxylic acids is 3. The van der Waals surface area contributed by atoms with E-state index < -0.39 is 17.5 Å². The van der Waals surface area contributed by atoms with Crippen molar-refractivity contribution in [2.45, 2.75) is 26.2 Å². The molecule has 0 fully saturated rings. The van der Waals surface area contributed by atoms with E-state index in [4.69, 9.17) is 4.74 Å². The molecule has 0 radical (unpaired) electrons. The largest absolute Gasteiger partial charge is 0.545 e. The summed E-state index contributed by atoms with van der Waals surface area (Å²) in [5.41, 5.74) is 0.358. The summed E-state index contributed by atoms with van der Waals surface area (Å²) < 4.78 is 6.22. The van der Waals surface area contributed by atoms with Crippen LogP contribution < -0.4 is 10.7 Å². The summed E-state index contributed by atoms with van der Waals surface area (Å²) >= 11 is 0. The molecule has 7 heteroatoms. The van der Waals surface area contributed by atoms with Crippen molar-refractivity contribution in [3.05, 3.63) is 63.1 Å². The van der Waals surface area contributed by atoms with E-state index in [0.29, 0.717) is 36.2 Å². The van der Waals surface area contributed by atoms with Gasteiger partial charge in [-0.3, -0.25) is 14.2 Å². The molecule has 0 unspecified atom stereocenters. The Morgan fingerprint density at radius 2 is 1.85 bits per heavy atom. The molecule has 2 aromatic rings. The molecule has 1 heterocycles. The fourth-order valence-corrected chi connectivity index (χ4v) is 3.07. The average Bonchev–Trinajstić information content (AvgIpc) is 2.62. The lowest BCUT2D eigenvalue weighted by Crippen LogP contribution is -2.32. The summed E-state index contributed by atoms with van der Waals surface area (Å²) in [5, 5.41) is 10.9. The van der Waals surface area contributed by atoms with Gasteiger partial charge in [0.1, 0.15) is 5.56 Å². The number of fused-ring (bicyclic) bond motifs is 1. The van der Waals surface area contributed by atoms with Gasteiger partial charge in [0.05, 0.1) is 12.6 Å². The fourth-order valence-electron chi connectivity index (χ4n) is 3.07. The maximum Gasteiger partial charge on any atom is 0.343 e. The van der Waals surface area contributed by atoms with Crippen molar-refractivity contribution < 1.29 is 24.2 Å². The van der Waals surface area contributed by atoms with E-state index in [-0.39, 0.29) is 23.5 Å². The number of aromatic nitrogens is 1. The van der Waals surface area contributed by atoms with Crippen molar-refractivity contribution in [1.29, 1.82) is 0 Å². The Balaban J connectivity index is 2.25. The number of rotatable bonds is 4. The van der Waals surface area contributed by atoms with E-state index in [1.165, 1.54) is 34.9 Å². The van der Waals surface area contributed by atoms with Crippen molar-refractivity contribution in [1.82, 2.24) is 4.57 Å². The lowest BCUT2D eigenvalue weighted by atomic mass is 9.93. The number of benzene rings is 1. The molecule has 7 nitrogen and oxygen atoms in total. The van der Waals surface area contributed by atoms with Crippen LogP contribution in [0.25, 0.3) is 5.69 Å². The molecule has 1 aliphatic carbocycles. The van der Waals surface area contributed by atoms with E-state index in [1.54, 1.807) is 6.92 Å². The van der Waals surface area contributed by atoms with Crippen LogP contribution in [0.15, 0.2) is 35.1 Å². The average molecular weight is 354 g/mol. The van der Waals surface area contributed by atoms with Crippen LogP contribution in [0.1, 0.15) is 56.5 Å². The predicted molar refractivity (Wildman–Crippen MR) is 89.6 cm³/mol. The van der Waals surface area contributed by atoms with Crippen molar-refractivity contribution in [3.63, 3.8) is 0 Å². The normalized spacial score (nSPS) is 13.2. The maximum absolute atomic E-state index is 12.9. The number of Topliss-reactive ketones (excluding diaryl/α,β-unsaturated/α-hetero) is 1. The van der Waals surface area contributed by atoms with Gasteiger partial charge in [-0.05, 0) is 43.5 Å². The first-order valence-corrected chi connectivity index (χ1v) is 8.25. The number of carboxylic acids is 1. The summed E-state index contributed by atoms with van der Waals surface area (Å²) in [4.78, 5) is 48.3. The van der Waals surface area contributed by atoms with Crippen LogP contribution >= 0.6 is 0 Å². The summed E-state index contributed by atoms with van der Waals surface area (Å²) in [6.45, 7) is 1.72. The van der Waals surface area contributed by atoms with E-state index in [2.05, 4.69) is 0 Å². The maximum atomic E-state index is 12.9. The van der Waals surface area contributed by atoms with Gasteiger partial charge in [0.2, 0.25) is 0 Å². The number of carboxylic acid groups (broad SMARTS) is 1. The van der Waals surface area contributed by atoms with Crippen molar-refractivity contribution >= 4 is 17.7 Å². The van der Waals surface area contributed by atoms with Gasteiger partial charge in [0, 0.05) is 23.4 Å². The van der Waals surface area contributed by atoms with Crippen LogP contribution in [0.2, 0.25) is 0 Å². The van der Waals surface area contributed by atoms with E-state index in [1.807, 2.05) is 0 Å². The van der Waals surface area contributed by atoms with Gasteiger partial charge in [-0.2, -0.15) is 0 Å². The SMILES string of the molecule is CCOC(=O)c1cc2c(n(-c3ccc(C(=O)[O-])cc3)c1=O)CCCC2=O. The number of hydrogen-bond acceptors (Lipinski definition) is 6. The summed E-state index contributed by atoms with van der Waals surface area (Å²) in [5.74, 6) is -2.27. The molecule has 0 spiro atoms. The van der Waals surface area contributed by atoms with Gasteiger partial charge in [-0.25, -0.2) is 4.79 Å². The standard InChI is InChI=1S/C19H17NO6/c1-2-26-19(25)14-10-13-15(4-3-5-16(13)21)20(17(14)22)12-8-6-11(7-9-12)18(23)24/h6-10H,2-5H2,1H3,(H,23,24)/p-1. The number of ether oxygens (including phenoxy) is 1. The first-order chi connectivity index (χ1) is 12.4. The molecule has 3 rings (SSSR count). The second-order valence-corrected chi connectivity index (χ2v) is 5.89. The predicted octanol–water partition coefficient (Wildman–Crippen LogP) is 0.897. The topological polar surface area (TPSA) is 106 Å². The minimum atomic E-state index is -1.33. The van der Waals surface area contributed by atoms with E-state index in [9.17, 15) is 24.3 Å². The zero-order valence-corrected chi connectivity index (χ0v) is 14.1. The summed E-state index contributed by atoms with van der Waals surface area (Å²) in [6.07, 6.45) is 1.44. The van der Waals surface area contributed by atoms with E-state index >= 15 is 0 Å². The highest BCUT2D eigenvalue weighted by Gasteiger charge is 2.26. The van der Waals surface area contributed by atoms with Crippen molar-refractivity contribution in [2.24, 2.45) is 0 Å². The van der Waals surface area contributed by atoms with Crippen LogP contribution in [0.4, 0.5) is 0 Å². The zero-order valence-electron chi connectivity index (χ0n) is 14.1. The third-order valence-corrected chi connectivity index (χ3v) is 4.28. The summed E-state index contributed by atoms with van der Waals surface area (Å²) in [7, 11) is 0. The van der Waals surface area contributed by atoms with Gasteiger partial charge in [-0.15, -0.1) is 0 Å². The van der Waals surface area contributed by atoms with Gasteiger partial charge in [-0.1, -0.05) is 12.1 Å². The third-order valence-electron chi connectivity index (χ3n) is 4.28. The fraction of sp³-hybridized carbons (Fsp3) is 0.263. The molecule has 1 aliphatic rings. The Kier molecular flexibility index (Phi) is 4.71. The Hall–Kier alpha value is -3.22. The number of aromatic carboxylic acids is 1. The van der Waals surface area contributed by atoms with Crippen LogP contribution in [-0.4, -0.2) is 28.9 Å². The Labute approximate surface area is 148 Å². The highest BCUT2D eigenvalue weighted by molar-refractivity contribution is 6.00. The third kappa shape index (κ3) is 3.03. The zero-order chi connectivity index (χ0) is 18.8. The molecule has 1 aromatic carbocycles. The van der Waals surface area contributed by atoms with Crippen LogP contribution in [0.3, 0.4) is 0 Å². The molecule has 26 heavy (non-hydrogen) atoms. The smallest absolute Gasteiger partial charge is 0.343 e. The number of carbonyl (C=O) groups is 3. The highest BCUT2D eigenvalue weighted by atomic mass is 16.5. The number of ketones is 1. The Morgan fingerprint density at radius 1 is 1.15 bits per heavy atom. The first kappa shape index (κ1) is 17.6. The van der Waals surface area contributed by atoms with Gasteiger partial charge in [0.25, 0.3) is 5.56 Å². The van der Waals surface area contributed by atoms with Crippen LogP contribution in [0, 0.1) is 0 Å². The number of hydrogen-bond donors (Lipinski definition) is 0. The van der Waals surface area contributed by atoms with Crippen molar-refractivity contribution in [3.8, 4) is 5.69 Å². The Bertz CT molecular complexity index is 955. The molecule has 134 valence electrons. The molecule has 0 aliphatic heterocycles. The van der Waals surface area contributed by atoms with Crippen molar-refractivity contribution in [2.75, 3.05) is 6.61 Å². The molecule has 1 aromatic heterocycles. The molecule has 0 amide bonds. The lowest BCUT2D eigenvalue weighted by molar-refractivity contribution is -0.255. The highest BCUT2D eigenvalue weighted by Crippen LogP contribution is 2.24. The second-order valence-electron chi connectivity index (χ2n) is 5.89. The molecular weight excluding hydrogens is 338 g/mol. The van der Waals surface area contributed by atoms with Crippen LogP contribution in [-0.2, 0) is 11.2 Å². The molecule has 0 saturated heterocycles.